The van der Waals surface area contributed by atoms with Crippen LogP contribution in [0, 0.1) is 11.5 Å². The van der Waals surface area contributed by atoms with Crippen LogP contribution in [0.4, 0.5) is 5.82 Å². The standard InChI is InChI=1S/C18H12N6/c19-12-20-17-15-11-14(13-5-2-1-3-6-13)7-8-16(15)22-18(23-17)24-10-4-9-21-24/h1-11H,(H,20,22,23). The summed E-state index contributed by atoms with van der Waals surface area (Å²) >= 11 is 0. The van der Waals surface area contributed by atoms with Crippen LogP contribution in [-0.4, -0.2) is 19.7 Å². The minimum atomic E-state index is 0.415. The van der Waals surface area contributed by atoms with Gasteiger partial charge in [-0.1, -0.05) is 36.4 Å². The third kappa shape index (κ3) is 2.44. The first-order valence-electron chi connectivity index (χ1n) is 7.37. The van der Waals surface area contributed by atoms with Crippen LogP contribution in [0.1, 0.15) is 0 Å². The van der Waals surface area contributed by atoms with E-state index >= 15 is 0 Å². The molecule has 4 aromatic rings. The van der Waals surface area contributed by atoms with Crippen molar-refractivity contribution in [1.82, 2.24) is 19.7 Å². The Balaban J connectivity index is 1.92. The van der Waals surface area contributed by atoms with Gasteiger partial charge in [0, 0.05) is 17.8 Å². The summed E-state index contributed by atoms with van der Waals surface area (Å²) in [6, 6.07) is 17.8. The van der Waals surface area contributed by atoms with Crippen LogP contribution in [0.25, 0.3) is 28.0 Å². The molecule has 0 aliphatic rings. The summed E-state index contributed by atoms with van der Waals surface area (Å²) in [6.07, 6.45) is 5.35. The molecule has 6 nitrogen and oxygen atoms in total. The number of rotatable bonds is 3. The van der Waals surface area contributed by atoms with Gasteiger partial charge in [-0.25, -0.2) is 9.67 Å². The molecular formula is C18H12N6. The van der Waals surface area contributed by atoms with Crippen molar-refractivity contribution in [3.05, 3.63) is 67.0 Å². The van der Waals surface area contributed by atoms with Crippen LogP contribution in [0.5, 0.6) is 0 Å². The number of aromatic nitrogens is 4. The zero-order valence-corrected chi connectivity index (χ0v) is 12.6. The minimum absolute atomic E-state index is 0.415. The molecule has 0 aliphatic heterocycles. The molecule has 2 heterocycles. The first kappa shape index (κ1) is 13.9. The molecule has 1 N–H and O–H groups in total. The fourth-order valence-corrected chi connectivity index (χ4v) is 2.56. The Kier molecular flexibility index (Phi) is 3.37. The molecule has 24 heavy (non-hydrogen) atoms. The maximum atomic E-state index is 9.04. The number of hydrogen-bond acceptors (Lipinski definition) is 5. The first-order valence-corrected chi connectivity index (χ1v) is 7.37. The van der Waals surface area contributed by atoms with E-state index in [0.717, 1.165) is 22.0 Å². The van der Waals surface area contributed by atoms with Crippen LogP contribution in [0.15, 0.2) is 67.0 Å². The molecule has 114 valence electrons. The Hall–Kier alpha value is -3.72. The normalized spacial score (nSPS) is 10.5. The number of fused-ring (bicyclic) bond motifs is 1. The van der Waals surface area contributed by atoms with Crippen molar-refractivity contribution in [1.29, 1.82) is 5.26 Å². The summed E-state index contributed by atoms with van der Waals surface area (Å²) in [5, 5.41) is 16.6. The molecule has 0 bridgehead atoms. The Labute approximate surface area is 138 Å². The molecule has 4 rings (SSSR count). The average Bonchev–Trinajstić information content (AvgIpc) is 3.17. The van der Waals surface area contributed by atoms with Gasteiger partial charge >= 0.3 is 0 Å². The number of nitriles is 1. The Morgan fingerprint density at radius 1 is 0.958 bits per heavy atom. The highest BCUT2D eigenvalue weighted by atomic mass is 15.3. The van der Waals surface area contributed by atoms with Crippen molar-refractivity contribution in [2.45, 2.75) is 0 Å². The maximum absolute atomic E-state index is 9.04. The minimum Gasteiger partial charge on any atom is -0.276 e. The molecule has 2 aromatic heterocycles. The predicted octanol–water partition coefficient (Wildman–Crippen LogP) is 3.38. The highest BCUT2D eigenvalue weighted by Crippen LogP contribution is 2.27. The van der Waals surface area contributed by atoms with E-state index in [1.807, 2.05) is 54.7 Å². The third-order valence-electron chi connectivity index (χ3n) is 3.67. The van der Waals surface area contributed by atoms with Crippen molar-refractivity contribution >= 4 is 16.7 Å². The molecule has 0 spiro atoms. The highest BCUT2D eigenvalue weighted by Gasteiger charge is 2.10. The number of benzene rings is 2. The summed E-state index contributed by atoms with van der Waals surface area (Å²) in [5.74, 6) is 0.878. The van der Waals surface area contributed by atoms with Gasteiger partial charge in [-0.05, 0) is 29.3 Å². The zero-order chi connectivity index (χ0) is 16.4. The number of hydrogen-bond donors (Lipinski definition) is 1. The molecule has 0 fully saturated rings. The van der Waals surface area contributed by atoms with E-state index in [2.05, 4.69) is 20.4 Å². The van der Waals surface area contributed by atoms with Crippen molar-refractivity contribution in [3.63, 3.8) is 0 Å². The second-order valence-corrected chi connectivity index (χ2v) is 5.16. The molecule has 0 aliphatic carbocycles. The molecule has 0 atom stereocenters. The van der Waals surface area contributed by atoms with Gasteiger partial charge in [-0.3, -0.25) is 5.32 Å². The van der Waals surface area contributed by atoms with E-state index in [0.29, 0.717) is 11.8 Å². The van der Waals surface area contributed by atoms with E-state index in [-0.39, 0.29) is 0 Å². The third-order valence-corrected chi connectivity index (χ3v) is 3.67. The SMILES string of the molecule is N#CNc1nc(-n2cccn2)nc2ccc(-c3ccccc3)cc12. The van der Waals surface area contributed by atoms with Crippen LogP contribution in [-0.2, 0) is 0 Å². The number of nitrogens with zero attached hydrogens (tertiary/aromatic N) is 5. The van der Waals surface area contributed by atoms with Gasteiger partial charge in [0.15, 0.2) is 12.0 Å². The second-order valence-electron chi connectivity index (χ2n) is 5.16. The quantitative estimate of drug-likeness (QED) is 0.463. The summed E-state index contributed by atoms with van der Waals surface area (Å²) in [7, 11) is 0. The summed E-state index contributed by atoms with van der Waals surface area (Å²) in [4.78, 5) is 8.96. The lowest BCUT2D eigenvalue weighted by Gasteiger charge is -2.09. The van der Waals surface area contributed by atoms with E-state index in [1.54, 1.807) is 23.1 Å². The Morgan fingerprint density at radius 3 is 2.58 bits per heavy atom. The first-order chi connectivity index (χ1) is 11.8. The molecule has 0 amide bonds. The summed E-state index contributed by atoms with van der Waals surface area (Å²) in [6.45, 7) is 0. The lowest BCUT2D eigenvalue weighted by Crippen LogP contribution is -2.05. The lowest BCUT2D eigenvalue weighted by atomic mass is 10.0. The van der Waals surface area contributed by atoms with E-state index < -0.39 is 0 Å². The van der Waals surface area contributed by atoms with Gasteiger partial charge in [-0.2, -0.15) is 15.3 Å². The number of anilines is 1. The van der Waals surface area contributed by atoms with Gasteiger partial charge in [0.2, 0.25) is 0 Å². The van der Waals surface area contributed by atoms with Crippen LogP contribution in [0.2, 0.25) is 0 Å². The van der Waals surface area contributed by atoms with Gasteiger partial charge in [0.05, 0.1) is 5.52 Å². The van der Waals surface area contributed by atoms with Crippen LogP contribution >= 0.6 is 0 Å². The summed E-state index contributed by atoms with van der Waals surface area (Å²) in [5.41, 5.74) is 2.88. The Morgan fingerprint density at radius 2 is 1.83 bits per heavy atom. The molecule has 0 saturated heterocycles. The fraction of sp³-hybridized carbons (Fsp3) is 0. The smallest absolute Gasteiger partial charge is 0.253 e. The monoisotopic (exact) mass is 312 g/mol. The zero-order valence-electron chi connectivity index (χ0n) is 12.6. The van der Waals surface area contributed by atoms with Crippen LogP contribution in [0.3, 0.4) is 0 Å². The largest absolute Gasteiger partial charge is 0.276 e. The molecule has 6 heteroatoms. The van der Waals surface area contributed by atoms with E-state index in [9.17, 15) is 0 Å². The maximum Gasteiger partial charge on any atom is 0.253 e. The molecule has 0 radical (unpaired) electrons. The molecule has 0 saturated carbocycles. The fourth-order valence-electron chi connectivity index (χ4n) is 2.56. The van der Waals surface area contributed by atoms with E-state index in [4.69, 9.17) is 5.26 Å². The molecule has 2 aromatic carbocycles. The van der Waals surface area contributed by atoms with Crippen molar-refractivity contribution in [3.8, 4) is 23.3 Å². The number of nitrogens with one attached hydrogen (secondary N) is 1. The van der Waals surface area contributed by atoms with Crippen LogP contribution < -0.4 is 5.32 Å². The highest BCUT2D eigenvalue weighted by molar-refractivity contribution is 5.93. The lowest BCUT2D eigenvalue weighted by molar-refractivity contribution is 0.817. The van der Waals surface area contributed by atoms with Crippen molar-refractivity contribution in [2.75, 3.05) is 5.32 Å². The average molecular weight is 312 g/mol. The molecule has 0 unspecified atom stereocenters. The van der Waals surface area contributed by atoms with Crippen molar-refractivity contribution in [2.24, 2.45) is 0 Å². The van der Waals surface area contributed by atoms with E-state index in [1.165, 1.54) is 0 Å². The van der Waals surface area contributed by atoms with Gasteiger partial charge in [0.25, 0.3) is 5.95 Å². The van der Waals surface area contributed by atoms with Gasteiger partial charge < -0.3 is 0 Å². The van der Waals surface area contributed by atoms with Crippen molar-refractivity contribution < 1.29 is 0 Å². The Bertz CT molecular complexity index is 1030. The molecular weight excluding hydrogens is 300 g/mol. The van der Waals surface area contributed by atoms with Gasteiger partial charge in [0.1, 0.15) is 0 Å². The predicted molar refractivity (Wildman–Crippen MR) is 91.3 cm³/mol. The topological polar surface area (TPSA) is 79.4 Å². The van der Waals surface area contributed by atoms with Gasteiger partial charge in [-0.15, -0.1) is 0 Å². The summed E-state index contributed by atoms with van der Waals surface area (Å²) < 4.78 is 1.56. The second kappa shape index (κ2) is 5.82.